The van der Waals surface area contributed by atoms with E-state index in [1.165, 1.54) is 0 Å². The SMILES string of the molecule is COc1ccccc1N1CCN(CC(c2ccccn2)S(=O)(=O)C2CCCC2)CC1. The van der Waals surface area contributed by atoms with Crippen molar-refractivity contribution >= 4 is 15.5 Å². The van der Waals surface area contributed by atoms with Gasteiger partial charge < -0.3 is 9.64 Å². The zero-order valence-electron chi connectivity index (χ0n) is 17.6. The highest BCUT2D eigenvalue weighted by Crippen LogP contribution is 2.34. The molecule has 1 unspecified atom stereocenters. The summed E-state index contributed by atoms with van der Waals surface area (Å²) in [6, 6.07) is 13.7. The molecule has 0 spiro atoms. The van der Waals surface area contributed by atoms with Gasteiger partial charge in [-0.25, -0.2) is 8.42 Å². The Balaban J connectivity index is 1.48. The molecule has 2 aromatic rings. The first-order valence-electron chi connectivity index (χ1n) is 10.8. The van der Waals surface area contributed by atoms with Crippen LogP contribution in [0.3, 0.4) is 0 Å². The van der Waals surface area contributed by atoms with Crippen LogP contribution in [0.2, 0.25) is 0 Å². The van der Waals surface area contributed by atoms with Crippen molar-refractivity contribution in [2.45, 2.75) is 36.2 Å². The van der Waals surface area contributed by atoms with Crippen molar-refractivity contribution in [2.24, 2.45) is 0 Å². The molecule has 1 aromatic heterocycles. The number of para-hydroxylation sites is 2. The number of aromatic nitrogens is 1. The van der Waals surface area contributed by atoms with Crippen LogP contribution in [0, 0.1) is 0 Å². The van der Waals surface area contributed by atoms with Crippen molar-refractivity contribution in [1.82, 2.24) is 9.88 Å². The first-order valence-corrected chi connectivity index (χ1v) is 12.4. The maximum Gasteiger partial charge on any atom is 0.162 e. The van der Waals surface area contributed by atoms with Gasteiger partial charge in [0.25, 0.3) is 0 Å². The Bertz CT molecular complexity index is 922. The number of benzene rings is 1. The second-order valence-electron chi connectivity index (χ2n) is 8.20. The van der Waals surface area contributed by atoms with E-state index < -0.39 is 15.1 Å². The van der Waals surface area contributed by atoms with E-state index in [4.69, 9.17) is 4.74 Å². The highest BCUT2D eigenvalue weighted by molar-refractivity contribution is 7.92. The van der Waals surface area contributed by atoms with Gasteiger partial charge in [-0.15, -0.1) is 0 Å². The van der Waals surface area contributed by atoms with Gasteiger partial charge in [-0.05, 0) is 37.1 Å². The van der Waals surface area contributed by atoms with Gasteiger partial charge in [-0.2, -0.15) is 0 Å². The van der Waals surface area contributed by atoms with E-state index in [2.05, 4.69) is 20.9 Å². The number of methoxy groups -OCH3 is 1. The summed E-state index contributed by atoms with van der Waals surface area (Å²) in [5.41, 5.74) is 1.77. The molecule has 6 nitrogen and oxygen atoms in total. The Labute approximate surface area is 179 Å². The molecule has 0 amide bonds. The van der Waals surface area contributed by atoms with Crippen molar-refractivity contribution < 1.29 is 13.2 Å². The second-order valence-corrected chi connectivity index (χ2v) is 10.6. The molecule has 1 aliphatic carbocycles. The van der Waals surface area contributed by atoms with Crippen LogP contribution in [0.4, 0.5) is 5.69 Å². The quantitative estimate of drug-likeness (QED) is 0.673. The van der Waals surface area contributed by atoms with E-state index >= 15 is 0 Å². The molecule has 0 radical (unpaired) electrons. The predicted octanol–water partition coefficient (Wildman–Crippen LogP) is 3.31. The van der Waals surface area contributed by atoms with Crippen LogP contribution in [0.25, 0.3) is 0 Å². The molecule has 4 rings (SSSR count). The molecule has 2 heterocycles. The summed E-state index contributed by atoms with van der Waals surface area (Å²) >= 11 is 0. The Morgan fingerprint density at radius 1 is 1.03 bits per heavy atom. The summed E-state index contributed by atoms with van der Waals surface area (Å²) in [5.74, 6) is 0.876. The molecule has 2 fully saturated rings. The van der Waals surface area contributed by atoms with Crippen molar-refractivity contribution in [3.63, 3.8) is 0 Å². The van der Waals surface area contributed by atoms with E-state index in [1.807, 2.05) is 36.4 Å². The molecule has 1 saturated heterocycles. The summed E-state index contributed by atoms with van der Waals surface area (Å²) in [4.78, 5) is 9.03. The van der Waals surface area contributed by atoms with E-state index in [9.17, 15) is 8.42 Å². The molecule has 2 aliphatic rings. The number of hydrogen-bond donors (Lipinski definition) is 0. The maximum atomic E-state index is 13.5. The van der Waals surface area contributed by atoms with Gasteiger partial charge in [0.05, 0.1) is 23.7 Å². The standard InChI is InChI=1S/C23H31N3O3S/c1-29-22-12-5-4-11-21(22)26-16-14-25(15-17-26)18-23(20-10-6-7-13-24-20)30(27,28)19-8-2-3-9-19/h4-7,10-13,19,23H,2-3,8-9,14-18H2,1H3. The fraction of sp³-hybridized carbons (Fsp3) is 0.522. The Morgan fingerprint density at radius 3 is 2.40 bits per heavy atom. The fourth-order valence-electron chi connectivity index (χ4n) is 4.68. The third-order valence-electron chi connectivity index (χ3n) is 6.40. The largest absolute Gasteiger partial charge is 0.495 e. The highest BCUT2D eigenvalue weighted by atomic mass is 32.2. The third kappa shape index (κ3) is 4.47. The number of hydrogen-bond acceptors (Lipinski definition) is 6. The topological polar surface area (TPSA) is 62.7 Å². The number of rotatable bonds is 7. The highest BCUT2D eigenvalue weighted by Gasteiger charge is 2.38. The van der Waals surface area contributed by atoms with Crippen molar-refractivity contribution in [3.8, 4) is 5.75 Å². The fourth-order valence-corrected chi connectivity index (χ4v) is 7.03. The van der Waals surface area contributed by atoms with Crippen molar-refractivity contribution in [3.05, 3.63) is 54.4 Å². The van der Waals surface area contributed by atoms with Gasteiger partial charge in [0, 0.05) is 38.9 Å². The zero-order chi connectivity index (χ0) is 21.0. The van der Waals surface area contributed by atoms with Gasteiger partial charge in [0.2, 0.25) is 0 Å². The lowest BCUT2D eigenvalue weighted by Crippen LogP contribution is -2.48. The minimum absolute atomic E-state index is 0.223. The minimum atomic E-state index is -3.27. The van der Waals surface area contributed by atoms with Gasteiger partial charge in [-0.1, -0.05) is 31.0 Å². The van der Waals surface area contributed by atoms with E-state index in [1.54, 1.807) is 13.3 Å². The van der Waals surface area contributed by atoms with Crippen molar-refractivity contribution in [2.75, 3.05) is 44.7 Å². The van der Waals surface area contributed by atoms with Crippen molar-refractivity contribution in [1.29, 1.82) is 0 Å². The zero-order valence-corrected chi connectivity index (χ0v) is 18.4. The predicted molar refractivity (Wildman–Crippen MR) is 120 cm³/mol. The first kappa shape index (κ1) is 21.1. The number of nitrogens with zero attached hydrogens (tertiary/aromatic N) is 3. The minimum Gasteiger partial charge on any atom is -0.495 e. The lowest BCUT2D eigenvalue weighted by Gasteiger charge is -2.38. The maximum absolute atomic E-state index is 13.5. The summed E-state index contributed by atoms with van der Waals surface area (Å²) in [5, 5.41) is -0.779. The summed E-state index contributed by atoms with van der Waals surface area (Å²) < 4.78 is 32.5. The summed E-state index contributed by atoms with van der Waals surface area (Å²) in [7, 11) is -1.57. The molecule has 1 saturated carbocycles. The Morgan fingerprint density at radius 2 is 1.73 bits per heavy atom. The lowest BCUT2D eigenvalue weighted by atomic mass is 10.2. The smallest absolute Gasteiger partial charge is 0.162 e. The normalized spacial score (nSPS) is 19.7. The molecule has 30 heavy (non-hydrogen) atoms. The van der Waals surface area contributed by atoms with Crippen LogP contribution >= 0.6 is 0 Å². The van der Waals surface area contributed by atoms with Gasteiger partial charge in [0.1, 0.15) is 11.0 Å². The molecular formula is C23H31N3O3S. The van der Waals surface area contributed by atoms with Crippen LogP contribution in [0.15, 0.2) is 48.7 Å². The summed E-state index contributed by atoms with van der Waals surface area (Å²) in [6.45, 7) is 3.84. The molecular weight excluding hydrogens is 398 g/mol. The van der Waals surface area contributed by atoms with E-state index in [0.29, 0.717) is 12.2 Å². The number of ether oxygens (including phenoxy) is 1. The van der Waals surface area contributed by atoms with Gasteiger partial charge in [-0.3, -0.25) is 9.88 Å². The number of sulfone groups is 1. The van der Waals surface area contributed by atoms with E-state index in [-0.39, 0.29) is 5.25 Å². The van der Waals surface area contributed by atoms with E-state index in [0.717, 1.165) is 63.3 Å². The Kier molecular flexibility index (Phi) is 6.58. The van der Waals surface area contributed by atoms with Gasteiger partial charge >= 0.3 is 0 Å². The van der Waals surface area contributed by atoms with Crippen LogP contribution in [0.1, 0.15) is 36.6 Å². The average molecular weight is 430 g/mol. The van der Waals surface area contributed by atoms with Gasteiger partial charge in [0.15, 0.2) is 9.84 Å². The first-order chi connectivity index (χ1) is 14.6. The van der Waals surface area contributed by atoms with Crippen LogP contribution in [0.5, 0.6) is 5.75 Å². The Hall–Kier alpha value is -2.12. The van der Waals surface area contributed by atoms with Crippen LogP contribution in [-0.4, -0.2) is 63.4 Å². The number of anilines is 1. The monoisotopic (exact) mass is 429 g/mol. The molecule has 7 heteroatoms. The molecule has 162 valence electrons. The van der Waals surface area contributed by atoms with Crippen LogP contribution < -0.4 is 9.64 Å². The average Bonchev–Trinajstić information content (AvgIpc) is 3.34. The summed E-state index contributed by atoms with van der Waals surface area (Å²) in [6.07, 6.45) is 5.29. The van der Waals surface area contributed by atoms with Crippen LogP contribution in [-0.2, 0) is 9.84 Å². The number of piperazine rings is 1. The number of pyridine rings is 1. The third-order valence-corrected chi connectivity index (χ3v) is 8.99. The molecule has 1 aromatic carbocycles. The molecule has 0 N–H and O–H groups in total. The second kappa shape index (κ2) is 9.35. The molecule has 1 aliphatic heterocycles. The molecule has 1 atom stereocenters. The molecule has 0 bridgehead atoms. The lowest BCUT2D eigenvalue weighted by molar-refractivity contribution is 0.255.